The van der Waals surface area contributed by atoms with Gasteiger partial charge in [-0.25, -0.2) is 4.79 Å². The van der Waals surface area contributed by atoms with Gasteiger partial charge < -0.3 is 20.7 Å². The number of alkyl carbamates (subject to hydrolysis) is 1. The molecule has 1 aromatic carbocycles. The number of carbonyl (C=O) groups is 3. The summed E-state index contributed by atoms with van der Waals surface area (Å²) >= 11 is 0. The normalized spacial score (nSPS) is 9.45. The monoisotopic (exact) mass is 305 g/mol. The van der Waals surface area contributed by atoms with Crippen molar-refractivity contribution in [1.82, 2.24) is 16.0 Å². The summed E-state index contributed by atoms with van der Waals surface area (Å²) in [5, 5.41) is 7.38. The number of benzene rings is 1. The Hall–Kier alpha value is -2.83. The molecule has 7 nitrogen and oxygen atoms in total. The van der Waals surface area contributed by atoms with Crippen LogP contribution in [0, 0.1) is 0 Å². The van der Waals surface area contributed by atoms with Crippen molar-refractivity contribution in [2.75, 3.05) is 19.6 Å². The molecule has 1 rings (SSSR count). The molecule has 0 aromatic heterocycles. The first-order valence-corrected chi connectivity index (χ1v) is 6.73. The van der Waals surface area contributed by atoms with E-state index < -0.39 is 6.09 Å². The van der Waals surface area contributed by atoms with Crippen LogP contribution in [0.1, 0.15) is 5.56 Å². The Morgan fingerprint density at radius 1 is 1.05 bits per heavy atom. The summed E-state index contributed by atoms with van der Waals surface area (Å²) in [6.45, 7) is 3.80. The third kappa shape index (κ3) is 7.68. The molecule has 118 valence electrons. The minimum Gasteiger partial charge on any atom is -0.445 e. The molecular weight excluding hydrogens is 286 g/mol. The summed E-state index contributed by atoms with van der Waals surface area (Å²) in [6, 6.07) is 9.21. The van der Waals surface area contributed by atoms with E-state index in [1.165, 1.54) is 0 Å². The molecule has 7 heteroatoms. The first-order chi connectivity index (χ1) is 10.6. The Morgan fingerprint density at radius 2 is 1.73 bits per heavy atom. The summed E-state index contributed by atoms with van der Waals surface area (Å²) in [5.41, 5.74) is 0.861. The highest BCUT2D eigenvalue weighted by Crippen LogP contribution is 2.00. The van der Waals surface area contributed by atoms with Gasteiger partial charge in [0.1, 0.15) is 6.61 Å². The maximum atomic E-state index is 11.4. The van der Waals surface area contributed by atoms with E-state index in [1.54, 1.807) is 0 Å². The average molecular weight is 305 g/mol. The van der Waals surface area contributed by atoms with Gasteiger partial charge in [-0.2, -0.15) is 0 Å². The van der Waals surface area contributed by atoms with Crippen molar-refractivity contribution in [1.29, 1.82) is 0 Å². The van der Waals surface area contributed by atoms with Crippen molar-refractivity contribution in [3.05, 3.63) is 48.6 Å². The van der Waals surface area contributed by atoms with Crippen LogP contribution >= 0.6 is 0 Å². The predicted octanol–water partition coefficient (Wildman–Crippen LogP) is 0.331. The van der Waals surface area contributed by atoms with Crippen LogP contribution < -0.4 is 16.0 Å². The van der Waals surface area contributed by atoms with E-state index in [4.69, 9.17) is 4.74 Å². The van der Waals surface area contributed by atoms with Gasteiger partial charge in [0, 0.05) is 13.1 Å². The molecular formula is C15H19N3O4. The largest absolute Gasteiger partial charge is 0.445 e. The fourth-order valence-corrected chi connectivity index (χ4v) is 1.45. The fourth-order valence-electron chi connectivity index (χ4n) is 1.45. The quantitative estimate of drug-likeness (QED) is 0.476. The third-order valence-electron chi connectivity index (χ3n) is 2.54. The van der Waals surface area contributed by atoms with Crippen LogP contribution in [0.4, 0.5) is 4.79 Å². The zero-order chi connectivity index (χ0) is 16.2. The lowest BCUT2D eigenvalue weighted by molar-refractivity contribution is -0.120. The molecule has 0 radical (unpaired) electrons. The zero-order valence-electron chi connectivity index (χ0n) is 12.1. The van der Waals surface area contributed by atoms with Crippen molar-refractivity contribution < 1.29 is 19.1 Å². The van der Waals surface area contributed by atoms with Crippen LogP contribution in [-0.4, -0.2) is 37.5 Å². The molecule has 0 heterocycles. The maximum absolute atomic E-state index is 11.4. The van der Waals surface area contributed by atoms with Gasteiger partial charge in [-0.3, -0.25) is 9.59 Å². The van der Waals surface area contributed by atoms with Gasteiger partial charge in [0.25, 0.3) is 0 Å². The lowest BCUT2D eigenvalue weighted by atomic mass is 10.2. The Bertz CT molecular complexity index is 517. The smallest absolute Gasteiger partial charge is 0.407 e. The zero-order valence-corrected chi connectivity index (χ0v) is 12.1. The molecule has 3 amide bonds. The van der Waals surface area contributed by atoms with Crippen LogP contribution in [0.25, 0.3) is 0 Å². The highest BCUT2D eigenvalue weighted by molar-refractivity contribution is 5.87. The minimum atomic E-state index is -0.668. The standard InChI is InChI=1S/C15H19N3O4/c1-2-13(19)16-8-9-17-14(20)10-18-15(21)22-11-12-6-4-3-5-7-12/h2-7H,1,8-11H2,(H,16,19)(H,17,20)(H,18,21). The second-order valence-electron chi connectivity index (χ2n) is 4.26. The topological polar surface area (TPSA) is 96.5 Å². The molecule has 0 aliphatic heterocycles. The number of rotatable bonds is 8. The van der Waals surface area contributed by atoms with E-state index in [9.17, 15) is 14.4 Å². The van der Waals surface area contributed by atoms with Crippen molar-refractivity contribution in [3.8, 4) is 0 Å². The minimum absolute atomic E-state index is 0.141. The lowest BCUT2D eigenvalue weighted by Crippen LogP contribution is -2.40. The van der Waals surface area contributed by atoms with Gasteiger partial charge in [0.05, 0.1) is 6.54 Å². The molecule has 0 atom stereocenters. The van der Waals surface area contributed by atoms with Gasteiger partial charge >= 0.3 is 6.09 Å². The van der Waals surface area contributed by atoms with Crippen molar-refractivity contribution in [3.63, 3.8) is 0 Å². The Kier molecular flexibility index (Phi) is 7.81. The highest BCUT2D eigenvalue weighted by Gasteiger charge is 2.06. The number of ether oxygens (including phenoxy) is 1. The predicted molar refractivity (Wildman–Crippen MR) is 80.8 cm³/mol. The number of carbonyl (C=O) groups excluding carboxylic acids is 3. The molecule has 0 saturated carbocycles. The van der Waals surface area contributed by atoms with Gasteiger partial charge in [-0.05, 0) is 11.6 Å². The van der Waals surface area contributed by atoms with Gasteiger partial charge in [0.2, 0.25) is 11.8 Å². The molecule has 0 aliphatic rings. The molecule has 0 unspecified atom stereocenters. The number of hydrogen-bond donors (Lipinski definition) is 3. The Balaban J connectivity index is 2.09. The van der Waals surface area contributed by atoms with Crippen molar-refractivity contribution in [2.24, 2.45) is 0 Å². The average Bonchev–Trinajstić information content (AvgIpc) is 2.55. The molecule has 0 bridgehead atoms. The summed E-state index contributed by atoms with van der Waals surface area (Å²) in [6.07, 6.45) is 0.477. The van der Waals surface area contributed by atoms with Crippen LogP contribution in [0.3, 0.4) is 0 Å². The molecule has 22 heavy (non-hydrogen) atoms. The van der Waals surface area contributed by atoms with E-state index >= 15 is 0 Å². The number of hydrogen-bond acceptors (Lipinski definition) is 4. The van der Waals surface area contributed by atoms with E-state index in [0.717, 1.165) is 11.6 Å². The second-order valence-corrected chi connectivity index (χ2v) is 4.26. The van der Waals surface area contributed by atoms with Gasteiger partial charge in [0.15, 0.2) is 0 Å². The molecule has 3 N–H and O–H groups in total. The Morgan fingerprint density at radius 3 is 2.41 bits per heavy atom. The molecule has 0 fully saturated rings. The molecule has 0 saturated heterocycles. The number of amides is 3. The highest BCUT2D eigenvalue weighted by atomic mass is 16.5. The van der Waals surface area contributed by atoms with E-state index in [2.05, 4.69) is 22.5 Å². The van der Waals surface area contributed by atoms with E-state index in [0.29, 0.717) is 0 Å². The lowest BCUT2D eigenvalue weighted by Gasteiger charge is -2.08. The first kappa shape index (κ1) is 17.2. The molecule has 0 aliphatic carbocycles. The van der Waals surface area contributed by atoms with Crippen molar-refractivity contribution in [2.45, 2.75) is 6.61 Å². The summed E-state index contributed by atoms with van der Waals surface area (Å²) in [7, 11) is 0. The SMILES string of the molecule is C=CC(=O)NCCNC(=O)CNC(=O)OCc1ccccc1. The maximum Gasteiger partial charge on any atom is 0.407 e. The van der Waals surface area contributed by atoms with Gasteiger partial charge in [-0.1, -0.05) is 36.9 Å². The van der Waals surface area contributed by atoms with Crippen LogP contribution in [0.5, 0.6) is 0 Å². The first-order valence-electron chi connectivity index (χ1n) is 6.73. The van der Waals surface area contributed by atoms with E-state index in [-0.39, 0.29) is 38.1 Å². The van der Waals surface area contributed by atoms with Crippen LogP contribution in [0.2, 0.25) is 0 Å². The van der Waals surface area contributed by atoms with Gasteiger partial charge in [-0.15, -0.1) is 0 Å². The van der Waals surface area contributed by atoms with Crippen LogP contribution in [0.15, 0.2) is 43.0 Å². The van der Waals surface area contributed by atoms with E-state index in [1.807, 2.05) is 30.3 Å². The number of nitrogens with one attached hydrogen (secondary N) is 3. The molecule has 0 spiro atoms. The van der Waals surface area contributed by atoms with Crippen molar-refractivity contribution >= 4 is 17.9 Å². The van der Waals surface area contributed by atoms with Crippen LogP contribution in [-0.2, 0) is 20.9 Å². The Labute approximate surface area is 128 Å². The second kappa shape index (κ2) is 9.98. The summed E-state index contributed by atoms with van der Waals surface area (Å²) in [5.74, 6) is -0.679. The fraction of sp³-hybridized carbons (Fsp3) is 0.267. The summed E-state index contributed by atoms with van der Waals surface area (Å²) < 4.78 is 4.95. The third-order valence-corrected chi connectivity index (χ3v) is 2.54. The summed E-state index contributed by atoms with van der Waals surface area (Å²) in [4.78, 5) is 33.7. The molecule has 1 aromatic rings.